The molecule has 2 N–H and O–H groups in total. The van der Waals surface area contributed by atoms with E-state index in [4.69, 9.17) is 9.47 Å². The van der Waals surface area contributed by atoms with E-state index in [1.165, 1.54) is 12.1 Å². The van der Waals surface area contributed by atoms with Crippen molar-refractivity contribution in [2.24, 2.45) is 0 Å². The maximum Gasteiger partial charge on any atom is 0.261 e. The lowest BCUT2D eigenvalue weighted by atomic mass is 10.1. The SMILES string of the molecule is Cc1ccc(NS(=O)(=O)c2ccc(NC(=O)c3ccccc3OCCOc3ccccc3)cc2)cc1C. The third-order valence-electron chi connectivity index (χ3n) is 5.67. The first-order valence-electron chi connectivity index (χ1n) is 11.7. The van der Waals surface area contributed by atoms with Crippen LogP contribution in [0, 0.1) is 13.8 Å². The minimum absolute atomic E-state index is 0.0888. The van der Waals surface area contributed by atoms with Gasteiger partial charge in [0.2, 0.25) is 0 Å². The van der Waals surface area contributed by atoms with Gasteiger partial charge in [0, 0.05) is 11.4 Å². The Morgan fingerprint density at radius 2 is 1.38 bits per heavy atom. The highest BCUT2D eigenvalue weighted by Gasteiger charge is 2.16. The molecule has 4 aromatic carbocycles. The van der Waals surface area contributed by atoms with Crippen LogP contribution in [0.15, 0.2) is 102 Å². The lowest BCUT2D eigenvalue weighted by Gasteiger charge is -2.13. The van der Waals surface area contributed by atoms with Crippen LogP contribution in [0.3, 0.4) is 0 Å². The zero-order valence-corrected chi connectivity index (χ0v) is 21.4. The molecule has 190 valence electrons. The molecule has 37 heavy (non-hydrogen) atoms. The molecule has 7 nitrogen and oxygen atoms in total. The van der Waals surface area contributed by atoms with Crippen molar-refractivity contribution in [1.29, 1.82) is 0 Å². The minimum Gasteiger partial charge on any atom is -0.490 e. The molecule has 0 aromatic heterocycles. The summed E-state index contributed by atoms with van der Waals surface area (Å²) in [5.41, 5.74) is 3.38. The van der Waals surface area contributed by atoms with Crippen molar-refractivity contribution < 1.29 is 22.7 Å². The third-order valence-corrected chi connectivity index (χ3v) is 7.06. The summed E-state index contributed by atoms with van der Waals surface area (Å²) in [6, 6.07) is 27.7. The summed E-state index contributed by atoms with van der Waals surface area (Å²) in [7, 11) is -3.77. The van der Waals surface area contributed by atoms with E-state index in [1.54, 1.807) is 48.5 Å². The highest BCUT2D eigenvalue weighted by Crippen LogP contribution is 2.23. The standard InChI is InChI=1S/C29H28N2O5S/c1-21-12-13-24(20-22(21)2)31-37(33,34)26-16-14-23(15-17-26)30-29(32)27-10-6-7-11-28(27)36-19-18-35-25-8-4-3-5-9-25/h3-17,20,31H,18-19H2,1-2H3,(H,30,32). The number of benzene rings is 4. The maximum absolute atomic E-state index is 12.9. The summed E-state index contributed by atoms with van der Waals surface area (Å²) in [5.74, 6) is 0.795. The van der Waals surface area contributed by atoms with Gasteiger partial charge in [-0.1, -0.05) is 36.4 Å². The molecule has 0 radical (unpaired) electrons. The number of ether oxygens (including phenoxy) is 2. The fraction of sp³-hybridized carbons (Fsp3) is 0.138. The van der Waals surface area contributed by atoms with Gasteiger partial charge in [0.25, 0.3) is 15.9 Å². The summed E-state index contributed by atoms with van der Waals surface area (Å²) in [6.07, 6.45) is 0. The van der Waals surface area contributed by atoms with E-state index in [9.17, 15) is 13.2 Å². The van der Waals surface area contributed by atoms with E-state index < -0.39 is 10.0 Å². The van der Waals surface area contributed by atoms with Crippen molar-refractivity contribution in [3.8, 4) is 11.5 Å². The molecule has 4 rings (SSSR count). The van der Waals surface area contributed by atoms with Crippen molar-refractivity contribution in [1.82, 2.24) is 0 Å². The van der Waals surface area contributed by atoms with Crippen LogP contribution in [0.5, 0.6) is 11.5 Å². The molecule has 0 aliphatic carbocycles. The first kappa shape index (κ1) is 25.8. The normalized spacial score (nSPS) is 11.0. The lowest BCUT2D eigenvalue weighted by Crippen LogP contribution is -2.16. The van der Waals surface area contributed by atoms with E-state index in [0.29, 0.717) is 29.3 Å². The van der Waals surface area contributed by atoms with E-state index in [1.807, 2.05) is 50.2 Å². The summed E-state index contributed by atoms with van der Waals surface area (Å²) in [6.45, 7) is 4.48. The van der Waals surface area contributed by atoms with E-state index in [0.717, 1.165) is 16.9 Å². The van der Waals surface area contributed by atoms with Gasteiger partial charge in [-0.3, -0.25) is 9.52 Å². The van der Waals surface area contributed by atoms with Gasteiger partial charge in [-0.15, -0.1) is 0 Å². The Morgan fingerprint density at radius 3 is 2.11 bits per heavy atom. The Kier molecular flexibility index (Phi) is 8.10. The van der Waals surface area contributed by atoms with Crippen LogP contribution in [0.4, 0.5) is 11.4 Å². The molecule has 0 fully saturated rings. The summed E-state index contributed by atoms with van der Waals surface area (Å²) >= 11 is 0. The molecule has 0 spiro atoms. The average Bonchev–Trinajstić information content (AvgIpc) is 2.90. The molecule has 0 bridgehead atoms. The predicted molar refractivity (Wildman–Crippen MR) is 145 cm³/mol. The van der Waals surface area contributed by atoms with Gasteiger partial charge in [-0.05, 0) is 85.6 Å². The number of carbonyl (C=O) groups excluding carboxylic acids is 1. The second-order valence-electron chi connectivity index (χ2n) is 8.39. The van der Waals surface area contributed by atoms with E-state index in [2.05, 4.69) is 10.0 Å². The molecule has 0 saturated heterocycles. The van der Waals surface area contributed by atoms with Gasteiger partial charge in [0.1, 0.15) is 24.7 Å². The van der Waals surface area contributed by atoms with Gasteiger partial charge in [-0.2, -0.15) is 0 Å². The van der Waals surface area contributed by atoms with Gasteiger partial charge in [0.05, 0.1) is 10.5 Å². The maximum atomic E-state index is 12.9. The van der Waals surface area contributed by atoms with Crippen molar-refractivity contribution in [3.63, 3.8) is 0 Å². The summed E-state index contributed by atoms with van der Waals surface area (Å²) in [4.78, 5) is 13.0. The first-order valence-corrected chi connectivity index (χ1v) is 13.2. The molecule has 0 heterocycles. The van der Waals surface area contributed by atoms with Crippen LogP contribution in [0.2, 0.25) is 0 Å². The molecule has 0 aliphatic rings. The summed E-state index contributed by atoms with van der Waals surface area (Å²) in [5, 5.41) is 2.79. The molecular weight excluding hydrogens is 488 g/mol. The smallest absolute Gasteiger partial charge is 0.261 e. The number of hydrogen-bond donors (Lipinski definition) is 2. The topological polar surface area (TPSA) is 93.7 Å². The Labute approximate surface area is 217 Å². The fourth-order valence-corrected chi connectivity index (χ4v) is 4.59. The van der Waals surface area contributed by atoms with Crippen LogP contribution >= 0.6 is 0 Å². The Bertz CT molecular complexity index is 1470. The highest BCUT2D eigenvalue weighted by atomic mass is 32.2. The van der Waals surface area contributed by atoms with Crippen LogP contribution in [-0.2, 0) is 10.0 Å². The van der Waals surface area contributed by atoms with Gasteiger partial charge < -0.3 is 14.8 Å². The minimum atomic E-state index is -3.77. The molecule has 8 heteroatoms. The largest absolute Gasteiger partial charge is 0.490 e. The van der Waals surface area contributed by atoms with Crippen molar-refractivity contribution in [2.75, 3.05) is 23.3 Å². The third kappa shape index (κ3) is 6.89. The van der Waals surface area contributed by atoms with Crippen molar-refractivity contribution >= 4 is 27.3 Å². The van der Waals surface area contributed by atoms with Gasteiger partial charge in [0.15, 0.2) is 0 Å². The zero-order valence-electron chi connectivity index (χ0n) is 20.6. The number of anilines is 2. The Morgan fingerprint density at radius 1 is 0.730 bits per heavy atom. The van der Waals surface area contributed by atoms with E-state index in [-0.39, 0.29) is 17.4 Å². The van der Waals surface area contributed by atoms with Gasteiger partial charge >= 0.3 is 0 Å². The predicted octanol–water partition coefficient (Wildman–Crippen LogP) is 5.81. The van der Waals surface area contributed by atoms with Crippen LogP contribution in [-0.4, -0.2) is 27.5 Å². The molecule has 4 aromatic rings. The Hall–Kier alpha value is -4.30. The number of carbonyl (C=O) groups is 1. The van der Waals surface area contributed by atoms with Gasteiger partial charge in [-0.25, -0.2) is 8.42 Å². The van der Waals surface area contributed by atoms with E-state index >= 15 is 0 Å². The van der Waals surface area contributed by atoms with Crippen LogP contribution < -0.4 is 19.5 Å². The lowest BCUT2D eigenvalue weighted by molar-refractivity contribution is 0.102. The molecule has 0 atom stereocenters. The quantitative estimate of drug-likeness (QED) is 0.259. The van der Waals surface area contributed by atoms with Crippen LogP contribution in [0.1, 0.15) is 21.5 Å². The molecule has 0 unspecified atom stereocenters. The second kappa shape index (κ2) is 11.6. The average molecular weight is 517 g/mol. The number of hydrogen-bond acceptors (Lipinski definition) is 5. The fourth-order valence-electron chi connectivity index (χ4n) is 3.54. The number of aryl methyl sites for hydroxylation is 2. The van der Waals surface area contributed by atoms with Crippen LogP contribution in [0.25, 0.3) is 0 Å². The Balaban J connectivity index is 1.37. The zero-order chi connectivity index (χ0) is 26.3. The molecule has 0 aliphatic heterocycles. The second-order valence-corrected chi connectivity index (χ2v) is 10.1. The molecule has 1 amide bonds. The van der Waals surface area contributed by atoms with Crippen molar-refractivity contribution in [2.45, 2.75) is 18.7 Å². The molecular formula is C29H28N2O5S. The monoisotopic (exact) mass is 516 g/mol. The number of para-hydroxylation sites is 2. The molecule has 0 saturated carbocycles. The number of rotatable bonds is 10. The summed E-state index contributed by atoms with van der Waals surface area (Å²) < 4.78 is 39.6. The number of sulfonamides is 1. The highest BCUT2D eigenvalue weighted by molar-refractivity contribution is 7.92. The number of nitrogens with one attached hydrogen (secondary N) is 2. The first-order chi connectivity index (χ1) is 17.8. The van der Waals surface area contributed by atoms with Crippen molar-refractivity contribution in [3.05, 3.63) is 114 Å². The number of amides is 1.